The van der Waals surface area contributed by atoms with Gasteiger partial charge in [-0.3, -0.25) is 4.79 Å². The summed E-state index contributed by atoms with van der Waals surface area (Å²) in [6, 6.07) is 14.7. The minimum absolute atomic E-state index is 0.0456. The Morgan fingerprint density at radius 3 is 2.00 bits per heavy atom. The number of nitrogens with one attached hydrogen (secondary N) is 2. The number of sulfonamides is 1. The van der Waals surface area contributed by atoms with Crippen molar-refractivity contribution in [3.8, 4) is 0 Å². The Kier molecular flexibility index (Phi) is 6.97. The van der Waals surface area contributed by atoms with Crippen molar-refractivity contribution in [1.82, 2.24) is 4.72 Å². The van der Waals surface area contributed by atoms with Gasteiger partial charge in [0.15, 0.2) is 9.84 Å². The van der Waals surface area contributed by atoms with Crippen molar-refractivity contribution in [3.05, 3.63) is 60.2 Å². The summed E-state index contributed by atoms with van der Waals surface area (Å²) >= 11 is 0. The molecular formula is C19H24N2O5S2. The van der Waals surface area contributed by atoms with Gasteiger partial charge in [-0.05, 0) is 50.6 Å². The van der Waals surface area contributed by atoms with Crippen LogP contribution in [0.3, 0.4) is 0 Å². The molecule has 0 radical (unpaired) electrons. The molecule has 1 amide bonds. The van der Waals surface area contributed by atoms with E-state index in [0.717, 1.165) is 5.56 Å². The van der Waals surface area contributed by atoms with E-state index >= 15 is 0 Å². The molecule has 2 aromatic carbocycles. The van der Waals surface area contributed by atoms with Crippen molar-refractivity contribution in [3.63, 3.8) is 0 Å². The van der Waals surface area contributed by atoms with Crippen LogP contribution in [-0.2, 0) is 31.2 Å². The summed E-state index contributed by atoms with van der Waals surface area (Å²) in [6.45, 7) is 4.52. The van der Waals surface area contributed by atoms with Crippen LogP contribution in [0.4, 0.5) is 5.69 Å². The second-order valence-electron chi connectivity index (χ2n) is 6.60. The fourth-order valence-electron chi connectivity index (χ4n) is 2.38. The van der Waals surface area contributed by atoms with Crippen LogP contribution in [0, 0.1) is 0 Å². The maximum atomic E-state index is 12.4. The van der Waals surface area contributed by atoms with E-state index in [4.69, 9.17) is 0 Å². The first kappa shape index (κ1) is 22.1. The Labute approximate surface area is 166 Å². The number of rotatable bonds is 8. The summed E-state index contributed by atoms with van der Waals surface area (Å²) in [4.78, 5) is 12.2. The number of hydrogen-bond donors (Lipinski definition) is 2. The third-order valence-corrected chi connectivity index (χ3v) is 8.19. The molecule has 0 aliphatic rings. The molecule has 152 valence electrons. The number of anilines is 1. The molecule has 0 aliphatic heterocycles. The first-order chi connectivity index (χ1) is 13.0. The second-order valence-corrected chi connectivity index (χ2v) is 11.2. The number of hydrogen-bond acceptors (Lipinski definition) is 5. The average molecular weight is 425 g/mol. The Hall–Kier alpha value is -2.23. The Bertz CT molecular complexity index is 1020. The van der Waals surface area contributed by atoms with Gasteiger partial charge in [-0.15, -0.1) is 0 Å². The fraction of sp³-hybridized carbons (Fsp3) is 0.316. The molecule has 2 aromatic rings. The van der Waals surface area contributed by atoms with Gasteiger partial charge in [0.1, 0.15) is 5.25 Å². The summed E-state index contributed by atoms with van der Waals surface area (Å²) in [7, 11) is -7.29. The van der Waals surface area contributed by atoms with Crippen LogP contribution in [0.5, 0.6) is 0 Å². The molecule has 2 N–H and O–H groups in total. The quantitative estimate of drug-likeness (QED) is 0.676. The lowest BCUT2D eigenvalue weighted by molar-refractivity contribution is -0.115. The third-order valence-electron chi connectivity index (χ3n) is 4.26. The summed E-state index contributed by atoms with van der Waals surface area (Å²) < 4.78 is 51.4. The smallest absolute Gasteiger partial charge is 0.242 e. The number of carbonyl (C=O) groups is 1. The van der Waals surface area contributed by atoms with Crippen molar-refractivity contribution >= 4 is 31.5 Å². The highest BCUT2D eigenvalue weighted by molar-refractivity contribution is 7.93. The molecule has 0 heterocycles. The van der Waals surface area contributed by atoms with Gasteiger partial charge in [0.25, 0.3) is 0 Å². The predicted octanol–water partition coefficient (Wildman–Crippen LogP) is 2.32. The largest absolute Gasteiger partial charge is 0.325 e. The Balaban J connectivity index is 2.05. The van der Waals surface area contributed by atoms with Gasteiger partial charge in [-0.25, -0.2) is 21.6 Å². The molecular weight excluding hydrogens is 400 g/mol. The van der Waals surface area contributed by atoms with Crippen LogP contribution in [0.2, 0.25) is 0 Å². The van der Waals surface area contributed by atoms with Crippen LogP contribution in [0.25, 0.3) is 0 Å². The third kappa shape index (κ3) is 5.40. The van der Waals surface area contributed by atoms with E-state index in [9.17, 15) is 21.6 Å². The Morgan fingerprint density at radius 2 is 1.46 bits per heavy atom. The fourth-order valence-corrected chi connectivity index (χ4v) is 4.57. The van der Waals surface area contributed by atoms with E-state index in [1.807, 2.05) is 30.3 Å². The standard InChI is InChI=1S/C19H24N2O5S2/c1-14(2)27(23,24)15(3)19(22)21-17-9-11-18(12-10-17)28(25,26)20-13-16-7-5-4-6-8-16/h4-12,14-15,20H,13H2,1-3H3,(H,21,22). The predicted molar refractivity (Wildman–Crippen MR) is 109 cm³/mol. The summed E-state index contributed by atoms with van der Waals surface area (Å²) in [5, 5.41) is 0.631. The zero-order valence-corrected chi connectivity index (χ0v) is 17.5. The van der Waals surface area contributed by atoms with Crippen LogP contribution in [0.1, 0.15) is 26.3 Å². The molecule has 1 atom stereocenters. The van der Waals surface area contributed by atoms with Gasteiger partial charge < -0.3 is 5.32 Å². The molecule has 1 unspecified atom stereocenters. The van der Waals surface area contributed by atoms with Crippen molar-refractivity contribution < 1.29 is 21.6 Å². The zero-order chi connectivity index (χ0) is 20.9. The van der Waals surface area contributed by atoms with E-state index < -0.39 is 36.3 Å². The highest BCUT2D eigenvalue weighted by Crippen LogP contribution is 2.16. The van der Waals surface area contributed by atoms with Gasteiger partial charge in [0.2, 0.25) is 15.9 Å². The van der Waals surface area contributed by atoms with Crippen LogP contribution in [-0.4, -0.2) is 33.2 Å². The summed E-state index contributed by atoms with van der Waals surface area (Å²) in [5.74, 6) is -0.661. The van der Waals surface area contributed by atoms with Crippen LogP contribution in [0.15, 0.2) is 59.5 Å². The lowest BCUT2D eigenvalue weighted by Crippen LogP contribution is -2.36. The molecule has 0 saturated heterocycles. The van der Waals surface area contributed by atoms with Crippen molar-refractivity contribution in [2.75, 3.05) is 5.32 Å². The molecule has 0 bridgehead atoms. The van der Waals surface area contributed by atoms with Crippen molar-refractivity contribution in [2.24, 2.45) is 0 Å². The highest BCUT2D eigenvalue weighted by Gasteiger charge is 2.30. The molecule has 0 aromatic heterocycles. The van der Waals surface area contributed by atoms with E-state index in [1.165, 1.54) is 45.0 Å². The monoisotopic (exact) mass is 424 g/mol. The Morgan fingerprint density at radius 1 is 0.893 bits per heavy atom. The molecule has 9 heteroatoms. The molecule has 0 fully saturated rings. The molecule has 0 saturated carbocycles. The van der Waals surface area contributed by atoms with E-state index in [-0.39, 0.29) is 11.4 Å². The highest BCUT2D eigenvalue weighted by atomic mass is 32.2. The lowest BCUT2D eigenvalue weighted by Gasteiger charge is -2.16. The van der Waals surface area contributed by atoms with Gasteiger partial charge in [0.05, 0.1) is 10.1 Å². The molecule has 28 heavy (non-hydrogen) atoms. The molecule has 0 aliphatic carbocycles. The number of sulfone groups is 1. The van der Waals surface area contributed by atoms with Gasteiger partial charge in [-0.2, -0.15) is 0 Å². The molecule has 2 rings (SSSR count). The maximum absolute atomic E-state index is 12.4. The normalized spacial score (nSPS) is 13.3. The zero-order valence-electron chi connectivity index (χ0n) is 15.9. The minimum atomic E-state index is -3.71. The number of amides is 1. The first-order valence-electron chi connectivity index (χ1n) is 8.71. The van der Waals surface area contributed by atoms with E-state index in [0.29, 0.717) is 5.69 Å². The minimum Gasteiger partial charge on any atom is -0.325 e. The van der Waals surface area contributed by atoms with Gasteiger partial charge in [0, 0.05) is 12.2 Å². The second kappa shape index (κ2) is 8.85. The number of benzene rings is 2. The molecule has 7 nitrogen and oxygen atoms in total. The van der Waals surface area contributed by atoms with E-state index in [2.05, 4.69) is 10.0 Å². The molecule has 0 spiro atoms. The topological polar surface area (TPSA) is 109 Å². The average Bonchev–Trinajstić information content (AvgIpc) is 2.67. The maximum Gasteiger partial charge on any atom is 0.242 e. The van der Waals surface area contributed by atoms with Crippen molar-refractivity contribution in [1.29, 1.82) is 0 Å². The first-order valence-corrected chi connectivity index (χ1v) is 11.8. The van der Waals surface area contributed by atoms with Crippen LogP contribution >= 0.6 is 0 Å². The van der Waals surface area contributed by atoms with E-state index in [1.54, 1.807) is 0 Å². The number of carbonyl (C=O) groups excluding carboxylic acids is 1. The van der Waals surface area contributed by atoms with Gasteiger partial charge >= 0.3 is 0 Å². The van der Waals surface area contributed by atoms with Crippen LogP contribution < -0.4 is 10.0 Å². The SMILES string of the molecule is CC(C)S(=O)(=O)C(C)C(=O)Nc1ccc(S(=O)(=O)NCc2ccccc2)cc1. The van der Waals surface area contributed by atoms with Crippen molar-refractivity contribution in [2.45, 2.75) is 42.7 Å². The van der Waals surface area contributed by atoms with Gasteiger partial charge in [-0.1, -0.05) is 30.3 Å². The summed E-state index contributed by atoms with van der Waals surface area (Å²) in [6.07, 6.45) is 0. The lowest BCUT2D eigenvalue weighted by atomic mass is 10.2. The summed E-state index contributed by atoms with van der Waals surface area (Å²) in [5.41, 5.74) is 1.15.